The number of ether oxygens (including phenoxy) is 1. The highest BCUT2D eigenvalue weighted by Crippen LogP contribution is 2.40. The summed E-state index contributed by atoms with van der Waals surface area (Å²) < 4.78 is 5.26. The largest absolute Gasteiger partial charge is 0.497 e. The third-order valence-electron chi connectivity index (χ3n) is 6.05. The summed E-state index contributed by atoms with van der Waals surface area (Å²) in [6.45, 7) is 0. The number of carbonyl (C=O) groups excluding carboxylic acids is 1. The van der Waals surface area contributed by atoms with Crippen molar-refractivity contribution in [3.63, 3.8) is 0 Å². The van der Waals surface area contributed by atoms with Crippen molar-refractivity contribution in [2.75, 3.05) is 12.4 Å². The molecule has 1 amide bonds. The summed E-state index contributed by atoms with van der Waals surface area (Å²) in [5, 5.41) is 13.1. The van der Waals surface area contributed by atoms with E-state index in [1.807, 2.05) is 60.7 Å². The van der Waals surface area contributed by atoms with Gasteiger partial charge < -0.3 is 15.0 Å². The number of rotatable bonds is 3. The molecule has 0 fully saturated rings. The number of pyridine rings is 1. The van der Waals surface area contributed by atoms with Crippen molar-refractivity contribution in [1.82, 2.24) is 20.0 Å². The van der Waals surface area contributed by atoms with E-state index in [0.717, 1.165) is 16.6 Å². The third kappa shape index (κ3) is 3.15. The Morgan fingerprint density at radius 2 is 1.85 bits per heavy atom. The van der Waals surface area contributed by atoms with Gasteiger partial charge in [0.15, 0.2) is 0 Å². The first kappa shape index (κ1) is 19.2. The molecule has 0 radical (unpaired) electrons. The summed E-state index contributed by atoms with van der Waals surface area (Å²) in [5.74, 6) is 0.0673. The van der Waals surface area contributed by atoms with Gasteiger partial charge in [-0.2, -0.15) is 4.80 Å². The van der Waals surface area contributed by atoms with Gasteiger partial charge in [-0.05, 0) is 47.9 Å². The highest BCUT2D eigenvalue weighted by Gasteiger charge is 2.32. The van der Waals surface area contributed by atoms with Crippen molar-refractivity contribution in [1.29, 1.82) is 0 Å². The number of nitrogens with one attached hydrogen (secondary N) is 2. The van der Waals surface area contributed by atoms with E-state index in [9.17, 15) is 9.59 Å². The summed E-state index contributed by atoms with van der Waals surface area (Å²) >= 11 is 0. The summed E-state index contributed by atoms with van der Waals surface area (Å²) in [7, 11) is 1.58. The highest BCUT2D eigenvalue weighted by molar-refractivity contribution is 6.00. The average molecular weight is 437 g/mol. The van der Waals surface area contributed by atoms with E-state index in [0.29, 0.717) is 33.6 Å². The fourth-order valence-corrected chi connectivity index (χ4v) is 4.48. The van der Waals surface area contributed by atoms with Gasteiger partial charge in [-0.25, -0.2) is 0 Å². The SMILES string of the molecule is COc1ccc2cc(C3CC(=O)Nc4ccc5nn(-c6ccccc6)nc5c43)c(=O)[nH]c2c1. The molecule has 3 heterocycles. The van der Waals surface area contributed by atoms with Gasteiger partial charge in [-0.15, -0.1) is 10.2 Å². The predicted octanol–water partition coefficient (Wildman–Crippen LogP) is 3.74. The minimum atomic E-state index is -0.450. The summed E-state index contributed by atoms with van der Waals surface area (Å²) in [6.07, 6.45) is 0.148. The minimum absolute atomic E-state index is 0.142. The van der Waals surface area contributed by atoms with Crippen LogP contribution in [-0.4, -0.2) is 33.0 Å². The van der Waals surface area contributed by atoms with E-state index in [2.05, 4.69) is 15.4 Å². The molecule has 0 saturated heterocycles. The van der Waals surface area contributed by atoms with E-state index in [-0.39, 0.29) is 17.9 Å². The van der Waals surface area contributed by atoms with Crippen LogP contribution in [0.25, 0.3) is 27.6 Å². The molecular formula is C25H19N5O3. The number of carbonyl (C=O) groups is 1. The van der Waals surface area contributed by atoms with E-state index in [4.69, 9.17) is 9.84 Å². The van der Waals surface area contributed by atoms with Crippen LogP contribution in [0.15, 0.2) is 71.5 Å². The van der Waals surface area contributed by atoms with Gasteiger partial charge in [0, 0.05) is 35.2 Å². The maximum Gasteiger partial charge on any atom is 0.252 e. The predicted molar refractivity (Wildman–Crippen MR) is 125 cm³/mol. The van der Waals surface area contributed by atoms with Crippen LogP contribution in [0.4, 0.5) is 5.69 Å². The number of anilines is 1. The highest BCUT2D eigenvalue weighted by atomic mass is 16.5. The quantitative estimate of drug-likeness (QED) is 0.448. The van der Waals surface area contributed by atoms with Gasteiger partial charge in [0.25, 0.3) is 5.56 Å². The van der Waals surface area contributed by atoms with Crippen molar-refractivity contribution < 1.29 is 9.53 Å². The monoisotopic (exact) mass is 437 g/mol. The van der Waals surface area contributed by atoms with Crippen molar-refractivity contribution in [3.05, 3.63) is 88.2 Å². The molecule has 0 spiro atoms. The molecule has 1 aliphatic rings. The van der Waals surface area contributed by atoms with E-state index in [1.165, 1.54) is 0 Å². The molecule has 1 aliphatic heterocycles. The number of para-hydroxylation sites is 1. The van der Waals surface area contributed by atoms with Crippen molar-refractivity contribution in [2.45, 2.75) is 12.3 Å². The second-order valence-corrected chi connectivity index (χ2v) is 8.03. The Bertz CT molecular complexity index is 1600. The zero-order valence-corrected chi connectivity index (χ0v) is 17.7. The van der Waals surface area contributed by atoms with Crippen LogP contribution in [-0.2, 0) is 4.79 Å². The zero-order valence-electron chi connectivity index (χ0n) is 17.7. The molecular weight excluding hydrogens is 418 g/mol. The van der Waals surface area contributed by atoms with E-state index in [1.54, 1.807) is 18.0 Å². The maximum absolute atomic E-state index is 13.1. The molecule has 0 bridgehead atoms. The molecule has 33 heavy (non-hydrogen) atoms. The maximum atomic E-state index is 13.1. The lowest BCUT2D eigenvalue weighted by Gasteiger charge is -2.25. The Balaban J connectivity index is 1.56. The fourth-order valence-electron chi connectivity index (χ4n) is 4.48. The van der Waals surface area contributed by atoms with Crippen LogP contribution in [0.2, 0.25) is 0 Å². The Morgan fingerprint density at radius 3 is 2.67 bits per heavy atom. The van der Waals surface area contributed by atoms with Gasteiger partial charge >= 0.3 is 0 Å². The lowest BCUT2D eigenvalue weighted by atomic mass is 9.84. The first-order chi connectivity index (χ1) is 16.1. The fraction of sp³-hybridized carbons (Fsp3) is 0.120. The summed E-state index contributed by atoms with van der Waals surface area (Å²) in [4.78, 5) is 30.2. The van der Waals surface area contributed by atoms with Gasteiger partial charge in [-0.3, -0.25) is 9.59 Å². The van der Waals surface area contributed by atoms with Gasteiger partial charge in [-0.1, -0.05) is 18.2 Å². The molecule has 8 heteroatoms. The minimum Gasteiger partial charge on any atom is -0.497 e. The van der Waals surface area contributed by atoms with Gasteiger partial charge in [0.05, 0.1) is 18.3 Å². The third-order valence-corrected chi connectivity index (χ3v) is 6.05. The second-order valence-electron chi connectivity index (χ2n) is 8.03. The Morgan fingerprint density at radius 1 is 1.00 bits per heavy atom. The molecule has 0 aliphatic carbocycles. The van der Waals surface area contributed by atoms with E-state index >= 15 is 0 Å². The number of H-pyrrole nitrogens is 1. The van der Waals surface area contributed by atoms with Crippen molar-refractivity contribution >= 4 is 33.5 Å². The number of fused-ring (bicyclic) bond motifs is 4. The number of hydrogen-bond donors (Lipinski definition) is 2. The normalized spacial score (nSPS) is 15.4. The first-order valence-electron chi connectivity index (χ1n) is 10.6. The molecule has 5 aromatic rings. The second kappa shape index (κ2) is 7.30. The molecule has 3 aromatic carbocycles. The van der Waals surface area contributed by atoms with Gasteiger partial charge in [0.2, 0.25) is 5.91 Å². The molecule has 8 nitrogen and oxygen atoms in total. The number of nitrogens with zero attached hydrogens (tertiary/aromatic N) is 3. The first-order valence-corrected chi connectivity index (χ1v) is 10.6. The summed E-state index contributed by atoms with van der Waals surface area (Å²) in [5.41, 5.74) is 4.59. The van der Waals surface area contributed by atoms with Crippen molar-refractivity contribution in [3.8, 4) is 11.4 Å². The average Bonchev–Trinajstić information content (AvgIpc) is 3.28. The molecule has 0 saturated carbocycles. The topological polar surface area (TPSA) is 102 Å². The molecule has 162 valence electrons. The van der Waals surface area contributed by atoms with Crippen LogP contribution in [0.5, 0.6) is 5.75 Å². The molecule has 1 unspecified atom stereocenters. The number of benzene rings is 3. The molecule has 6 rings (SSSR count). The van der Waals surface area contributed by atoms with Crippen LogP contribution >= 0.6 is 0 Å². The smallest absolute Gasteiger partial charge is 0.252 e. The van der Waals surface area contributed by atoms with Crippen molar-refractivity contribution in [2.24, 2.45) is 0 Å². The molecule has 1 atom stereocenters. The van der Waals surface area contributed by atoms with Crippen LogP contribution in [0, 0.1) is 0 Å². The molecule has 2 aromatic heterocycles. The summed E-state index contributed by atoms with van der Waals surface area (Å²) in [6, 6.07) is 20.6. The van der Waals surface area contributed by atoms with Gasteiger partial charge in [0.1, 0.15) is 16.8 Å². The van der Waals surface area contributed by atoms with E-state index < -0.39 is 5.92 Å². The van der Waals surface area contributed by atoms with Crippen LogP contribution < -0.4 is 15.6 Å². The zero-order chi connectivity index (χ0) is 22.5. The Kier molecular flexibility index (Phi) is 4.26. The standard InChI is InChI=1S/C25H19N5O3/c1-33-16-8-7-14-11-18(25(32)27-21(14)12-16)17-13-22(31)26-19-9-10-20-24(23(17)19)29-30(28-20)15-5-3-2-4-6-15/h2-12,17H,13H2,1H3,(H,26,31)(H,27,32). The lowest BCUT2D eigenvalue weighted by Crippen LogP contribution is -2.27. The number of amides is 1. The van der Waals surface area contributed by atoms with Crippen LogP contribution in [0.3, 0.4) is 0 Å². The van der Waals surface area contributed by atoms with Crippen LogP contribution in [0.1, 0.15) is 23.5 Å². The number of aromatic nitrogens is 4. The number of hydrogen-bond acceptors (Lipinski definition) is 5. The number of aromatic amines is 1. The number of methoxy groups -OCH3 is 1. The Hall–Kier alpha value is -4.46. The molecule has 2 N–H and O–H groups in total. The lowest BCUT2D eigenvalue weighted by molar-refractivity contribution is -0.116. The Labute approximate surface area is 187 Å².